The van der Waals surface area contributed by atoms with Crippen molar-refractivity contribution in [2.75, 3.05) is 13.4 Å². The van der Waals surface area contributed by atoms with E-state index in [9.17, 15) is 4.79 Å². The SMILES string of the molecule is CCOC(=O)C(C#N)CCC(=CCCc1ccc2c(c1)OCO2)CC. The first-order valence-electron chi connectivity index (χ1n) is 8.80. The van der Waals surface area contributed by atoms with Gasteiger partial charge in [-0.3, -0.25) is 4.79 Å². The Balaban J connectivity index is 1.83. The number of nitriles is 1. The molecule has 1 aromatic rings. The zero-order valence-corrected chi connectivity index (χ0v) is 14.9. The molecule has 0 spiro atoms. The van der Waals surface area contributed by atoms with E-state index in [-0.39, 0.29) is 0 Å². The molecular formula is C20H25NO4. The van der Waals surface area contributed by atoms with Crippen LogP contribution in [0.1, 0.15) is 45.1 Å². The van der Waals surface area contributed by atoms with E-state index in [1.807, 2.05) is 18.2 Å². The van der Waals surface area contributed by atoms with Crippen molar-refractivity contribution in [3.63, 3.8) is 0 Å². The van der Waals surface area contributed by atoms with Crippen LogP contribution in [0.3, 0.4) is 0 Å². The smallest absolute Gasteiger partial charge is 0.323 e. The van der Waals surface area contributed by atoms with Crippen LogP contribution in [-0.4, -0.2) is 19.4 Å². The average molecular weight is 343 g/mol. The van der Waals surface area contributed by atoms with Crippen LogP contribution in [0.5, 0.6) is 11.5 Å². The Morgan fingerprint density at radius 1 is 1.36 bits per heavy atom. The molecule has 0 saturated carbocycles. The zero-order valence-electron chi connectivity index (χ0n) is 14.9. The van der Waals surface area contributed by atoms with E-state index in [1.165, 1.54) is 11.1 Å². The van der Waals surface area contributed by atoms with Gasteiger partial charge < -0.3 is 14.2 Å². The van der Waals surface area contributed by atoms with Crippen molar-refractivity contribution in [3.8, 4) is 17.6 Å². The van der Waals surface area contributed by atoms with Crippen molar-refractivity contribution < 1.29 is 19.0 Å². The van der Waals surface area contributed by atoms with E-state index < -0.39 is 11.9 Å². The number of carbonyl (C=O) groups is 1. The Kier molecular flexibility index (Phi) is 7.34. The van der Waals surface area contributed by atoms with Gasteiger partial charge in [0.05, 0.1) is 12.7 Å². The Bertz CT molecular complexity index is 660. The predicted octanol–water partition coefficient (Wildman–Crippen LogP) is 4.17. The molecule has 1 aromatic carbocycles. The number of benzene rings is 1. The zero-order chi connectivity index (χ0) is 18.1. The first kappa shape index (κ1) is 18.9. The summed E-state index contributed by atoms with van der Waals surface area (Å²) < 4.78 is 15.6. The van der Waals surface area contributed by atoms with Gasteiger partial charge in [0.25, 0.3) is 0 Å². The first-order valence-corrected chi connectivity index (χ1v) is 8.80. The second-order valence-corrected chi connectivity index (χ2v) is 5.91. The maximum atomic E-state index is 11.7. The molecule has 1 heterocycles. The van der Waals surface area contributed by atoms with Crippen molar-refractivity contribution in [2.45, 2.75) is 46.0 Å². The molecule has 134 valence electrons. The first-order chi connectivity index (χ1) is 12.2. The van der Waals surface area contributed by atoms with Gasteiger partial charge >= 0.3 is 5.97 Å². The molecule has 25 heavy (non-hydrogen) atoms. The minimum atomic E-state index is -0.677. The summed E-state index contributed by atoms with van der Waals surface area (Å²) >= 11 is 0. The molecule has 1 unspecified atom stereocenters. The largest absolute Gasteiger partial charge is 0.465 e. The van der Waals surface area contributed by atoms with E-state index in [1.54, 1.807) is 6.92 Å². The molecule has 2 rings (SSSR count). The molecule has 1 atom stereocenters. The number of rotatable bonds is 9. The Morgan fingerprint density at radius 3 is 2.88 bits per heavy atom. The molecule has 0 aliphatic carbocycles. The average Bonchev–Trinajstić information content (AvgIpc) is 3.08. The normalized spacial score (nSPS) is 14.0. The number of fused-ring (bicyclic) bond motifs is 1. The Labute approximate surface area is 149 Å². The standard InChI is InChI=1S/C20H25NO4/c1-3-15(8-10-17(13-21)20(22)23-4-2)6-5-7-16-9-11-18-19(12-16)25-14-24-18/h6,9,11-12,17H,3-5,7-8,10,14H2,1-2H3. The summed E-state index contributed by atoms with van der Waals surface area (Å²) in [4.78, 5) is 11.7. The summed E-state index contributed by atoms with van der Waals surface area (Å²) in [5, 5.41) is 9.12. The lowest BCUT2D eigenvalue weighted by Gasteiger charge is -2.10. The number of carbonyl (C=O) groups excluding carboxylic acids is 1. The highest BCUT2D eigenvalue weighted by Gasteiger charge is 2.19. The highest BCUT2D eigenvalue weighted by molar-refractivity contribution is 5.75. The summed E-state index contributed by atoms with van der Waals surface area (Å²) in [7, 11) is 0. The summed E-state index contributed by atoms with van der Waals surface area (Å²) in [5.74, 6) is 0.517. The lowest BCUT2D eigenvalue weighted by molar-refractivity contribution is -0.146. The lowest BCUT2D eigenvalue weighted by atomic mass is 9.98. The second-order valence-electron chi connectivity index (χ2n) is 5.91. The summed E-state index contributed by atoms with van der Waals surface area (Å²) in [6, 6.07) is 8.06. The molecule has 0 saturated heterocycles. The van der Waals surface area contributed by atoms with Crippen molar-refractivity contribution in [3.05, 3.63) is 35.4 Å². The molecule has 0 radical (unpaired) electrons. The quantitative estimate of drug-likeness (QED) is 0.497. The van der Waals surface area contributed by atoms with Crippen LogP contribution in [0.15, 0.2) is 29.8 Å². The van der Waals surface area contributed by atoms with Crippen LogP contribution < -0.4 is 9.47 Å². The molecule has 5 heteroatoms. The number of allylic oxidation sites excluding steroid dienone is 2. The maximum absolute atomic E-state index is 11.7. The highest BCUT2D eigenvalue weighted by Crippen LogP contribution is 2.32. The highest BCUT2D eigenvalue weighted by atomic mass is 16.7. The minimum absolute atomic E-state index is 0.291. The van der Waals surface area contributed by atoms with Crippen molar-refractivity contribution in [1.29, 1.82) is 5.26 Å². The van der Waals surface area contributed by atoms with Crippen LogP contribution in [0, 0.1) is 17.2 Å². The van der Waals surface area contributed by atoms with Gasteiger partial charge in [-0.25, -0.2) is 0 Å². The maximum Gasteiger partial charge on any atom is 0.323 e. The van der Waals surface area contributed by atoms with Crippen LogP contribution >= 0.6 is 0 Å². The van der Waals surface area contributed by atoms with Crippen LogP contribution in [0.2, 0.25) is 0 Å². The summed E-state index contributed by atoms with van der Waals surface area (Å²) in [6.45, 7) is 4.44. The fourth-order valence-corrected chi connectivity index (χ4v) is 2.77. The fraction of sp³-hybridized carbons (Fsp3) is 0.500. The van der Waals surface area contributed by atoms with E-state index in [0.29, 0.717) is 19.8 Å². The third-order valence-electron chi connectivity index (χ3n) is 4.24. The lowest BCUT2D eigenvalue weighted by Crippen LogP contribution is -2.16. The van der Waals surface area contributed by atoms with Gasteiger partial charge in [-0.1, -0.05) is 24.6 Å². The van der Waals surface area contributed by atoms with E-state index in [4.69, 9.17) is 19.5 Å². The number of hydrogen-bond acceptors (Lipinski definition) is 5. The number of aryl methyl sites for hydroxylation is 1. The topological polar surface area (TPSA) is 68.6 Å². The van der Waals surface area contributed by atoms with Gasteiger partial charge in [-0.15, -0.1) is 0 Å². The number of ether oxygens (including phenoxy) is 3. The van der Waals surface area contributed by atoms with E-state index in [0.717, 1.165) is 37.2 Å². The fourth-order valence-electron chi connectivity index (χ4n) is 2.77. The van der Waals surface area contributed by atoms with Gasteiger partial charge in [-0.05, 0) is 56.7 Å². The summed E-state index contributed by atoms with van der Waals surface area (Å²) in [5.41, 5.74) is 2.47. The van der Waals surface area contributed by atoms with Gasteiger partial charge in [0.2, 0.25) is 6.79 Å². The molecule has 0 fully saturated rings. The van der Waals surface area contributed by atoms with Gasteiger partial charge in [-0.2, -0.15) is 5.26 Å². The Morgan fingerprint density at radius 2 is 2.16 bits per heavy atom. The number of hydrogen-bond donors (Lipinski definition) is 0. The molecule has 0 N–H and O–H groups in total. The minimum Gasteiger partial charge on any atom is -0.465 e. The third-order valence-corrected chi connectivity index (χ3v) is 4.24. The molecule has 5 nitrogen and oxygen atoms in total. The van der Waals surface area contributed by atoms with E-state index >= 15 is 0 Å². The number of nitrogens with zero attached hydrogens (tertiary/aromatic N) is 1. The molecule has 1 aliphatic heterocycles. The van der Waals surface area contributed by atoms with Crippen LogP contribution in [-0.2, 0) is 16.0 Å². The number of esters is 1. The predicted molar refractivity (Wildman–Crippen MR) is 94.2 cm³/mol. The van der Waals surface area contributed by atoms with Crippen molar-refractivity contribution in [2.24, 2.45) is 5.92 Å². The van der Waals surface area contributed by atoms with Crippen LogP contribution in [0.25, 0.3) is 0 Å². The van der Waals surface area contributed by atoms with Gasteiger partial charge in [0, 0.05) is 0 Å². The monoisotopic (exact) mass is 343 g/mol. The van der Waals surface area contributed by atoms with Crippen molar-refractivity contribution in [1.82, 2.24) is 0 Å². The summed E-state index contributed by atoms with van der Waals surface area (Å²) in [6.07, 6.45) is 6.22. The molecule has 0 bridgehead atoms. The molecule has 1 aliphatic rings. The molecular weight excluding hydrogens is 318 g/mol. The molecule has 0 aromatic heterocycles. The van der Waals surface area contributed by atoms with Gasteiger partial charge in [0.15, 0.2) is 11.5 Å². The van der Waals surface area contributed by atoms with Crippen molar-refractivity contribution >= 4 is 5.97 Å². The second kappa shape index (κ2) is 9.73. The van der Waals surface area contributed by atoms with Crippen LogP contribution in [0.4, 0.5) is 0 Å². The van der Waals surface area contributed by atoms with Gasteiger partial charge in [0.1, 0.15) is 5.92 Å². The Hall–Kier alpha value is -2.48. The third kappa shape index (κ3) is 5.53. The molecule has 0 amide bonds. The van der Waals surface area contributed by atoms with E-state index in [2.05, 4.69) is 19.1 Å².